The van der Waals surface area contributed by atoms with Crippen molar-refractivity contribution in [2.75, 3.05) is 9.80 Å². The van der Waals surface area contributed by atoms with Gasteiger partial charge < -0.3 is 9.80 Å². The minimum Gasteiger partial charge on any atom is -0.311 e. The van der Waals surface area contributed by atoms with Gasteiger partial charge >= 0.3 is 0 Å². The average molecular weight is 1200 g/mol. The van der Waals surface area contributed by atoms with Crippen molar-refractivity contribution in [3.8, 4) is 55.6 Å². The standard InChI is InChI=1S/C89H81BN2/c1-85(2,3)64-47-50-77(71(52-64)58-31-18-13-19-32-58)91-79-55-65(86(4,5)6)46-48-75(79)90-76-51-61(68-42-30-43-70-69-41-28-29-44-74(69)89(82(68)70,62-37-24-16-25-38-62)63-39-26-17-27-40-63)45-49-78(76)92(81-57-67(88(10,11)12)56-80(91)83(81)90)84-72(59-33-20-14-21-34-59)53-66(87(7,8)9)54-73(84)60-35-22-15-23-36-60/h13-57H,1-12H3/i16D,17D,24D,25D,26D,27D,37D,38D,39D,40D. The van der Waals surface area contributed by atoms with Gasteiger partial charge in [-0.15, -0.1) is 0 Å². The van der Waals surface area contributed by atoms with Gasteiger partial charge in [0.2, 0.25) is 0 Å². The molecule has 15 rings (SSSR count). The number of hydrogen-bond donors (Lipinski definition) is 0. The lowest BCUT2D eigenvalue weighted by Gasteiger charge is -2.46. The first-order valence-electron chi connectivity index (χ1n) is 37.3. The molecule has 2 heterocycles. The minimum absolute atomic E-state index is 0.181. The summed E-state index contributed by atoms with van der Waals surface area (Å²) in [5.74, 6) is 0. The molecule has 12 aromatic carbocycles. The van der Waals surface area contributed by atoms with Gasteiger partial charge in [0.25, 0.3) is 6.71 Å². The molecule has 2 aliphatic heterocycles. The highest BCUT2D eigenvalue weighted by atomic mass is 15.2. The Hall–Kier alpha value is -9.70. The van der Waals surface area contributed by atoms with Crippen LogP contribution in [0.3, 0.4) is 0 Å². The Kier molecular flexibility index (Phi) is 11.4. The zero-order chi connectivity index (χ0) is 72.3. The van der Waals surface area contributed by atoms with E-state index in [0.717, 1.165) is 95.0 Å². The number of rotatable bonds is 8. The highest BCUT2D eigenvalue weighted by Crippen LogP contribution is 2.60. The first-order chi connectivity index (χ1) is 48.3. The van der Waals surface area contributed by atoms with Crippen molar-refractivity contribution in [3.63, 3.8) is 0 Å². The van der Waals surface area contributed by atoms with E-state index in [4.69, 9.17) is 2.74 Å². The van der Waals surface area contributed by atoms with Crippen LogP contribution in [0.25, 0.3) is 55.6 Å². The van der Waals surface area contributed by atoms with Crippen LogP contribution in [0, 0.1) is 0 Å². The third-order valence-electron chi connectivity index (χ3n) is 19.5. The van der Waals surface area contributed by atoms with Crippen molar-refractivity contribution in [2.24, 2.45) is 0 Å². The predicted octanol–water partition coefficient (Wildman–Crippen LogP) is 22.0. The molecule has 2 nitrogen and oxygen atoms in total. The van der Waals surface area contributed by atoms with Crippen LogP contribution in [0.4, 0.5) is 34.1 Å². The summed E-state index contributed by atoms with van der Waals surface area (Å²) in [4.78, 5) is 5.08. The number of nitrogens with zero attached hydrogens (tertiary/aromatic N) is 2. The van der Waals surface area contributed by atoms with E-state index >= 15 is 0 Å². The molecule has 1 aliphatic carbocycles. The van der Waals surface area contributed by atoms with Crippen LogP contribution in [0.15, 0.2) is 273 Å². The lowest BCUT2D eigenvalue weighted by atomic mass is 9.33. The molecule has 0 bridgehead atoms. The molecule has 0 saturated heterocycles. The van der Waals surface area contributed by atoms with Gasteiger partial charge in [0.05, 0.1) is 30.5 Å². The molecule has 0 N–H and O–H groups in total. The van der Waals surface area contributed by atoms with Crippen LogP contribution in [-0.2, 0) is 27.1 Å². The summed E-state index contributed by atoms with van der Waals surface area (Å²) >= 11 is 0. The molecule has 3 heteroatoms. The molecule has 0 saturated carbocycles. The Morgan fingerprint density at radius 2 is 0.761 bits per heavy atom. The van der Waals surface area contributed by atoms with E-state index in [1.54, 1.807) is 6.07 Å². The minimum atomic E-state index is -2.10. The quantitative estimate of drug-likeness (QED) is 0.140. The molecule has 0 radical (unpaired) electrons. The molecule has 0 unspecified atom stereocenters. The molecule has 3 aliphatic rings. The maximum Gasteiger partial charge on any atom is 0.252 e. The summed E-state index contributed by atoms with van der Waals surface area (Å²) in [6.07, 6.45) is 0. The van der Waals surface area contributed by atoms with Crippen molar-refractivity contribution >= 4 is 57.2 Å². The summed E-state index contributed by atoms with van der Waals surface area (Å²) in [7, 11) is 0. The zero-order valence-electron chi connectivity index (χ0n) is 64.7. The van der Waals surface area contributed by atoms with E-state index in [0.29, 0.717) is 33.4 Å². The fourth-order valence-corrected chi connectivity index (χ4v) is 14.7. The summed E-state index contributed by atoms with van der Waals surface area (Å²) < 4.78 is 95.5. The van der Waals surface area contributed by atoms with E-state index in [1.165, 1.54) is 11.1 Å². The zero-order valence-corrected chi connectivity index (χ0v) is 54.7. The lowest BCUT2D eigenvalue weighted by Crippen LogP contribution is -2.61. The van der Waals surface area contributed by atoms with Crippen molar-refractivity contribution in [3.05, 3.63) is 317 Å². The molecule has 0 fully saturated rings. The Balaban J connectivity index is 1.14. The van der Waals surface area contributed by atoms with Crippen LogP contribution in [0.1, 0.15) is 141 Å². The number of benzene rings is 12. The topological polar surface area (TPSA) is 6.48 Å². The molecule has 0 spiro atoms. The predicted molar refractivity (Wildman–Crippen MR) is 394 cm³/mol. The van der Waals surface area contributed by atoms with E-state index in [2.05, 4.69) is 263 Å². The molecule has 0 aromatic heterocycles. The maximum absolute atomic E-state index is 10.0. The first kappa shape index (κ1) is 48.1. The Labute approximate surface area is 561 Å². The molecule has 0 amide bonds. The number of fused-ring (bicyclic) bond motifs is 7. The summed E-state index contributed by atoms with van der Waals surface area (Å²) in [5.41, 5.74) is 19.9. The van der Waals surface area contributed by atoms with Gasteiger partial charge in [-0.3, -0.25) is 0 Å². The Morgan fingerprint density at radius 1 is 0.315 bits per heavy atom. The van der Waals surface area contributed by atoms with Gasteiger partial charge in [0, 0.05) is 39.4 Å². The third kappa shape index (κ3) is 9.52. The van der Waals surface area contributed by atoms with Crippen LogP contribution in [0.5, 0.6) is 0 Å². The third-order valence-corrected chi connectivity index (χ3v) is 19.5. The largest absolute Gasteiger partial charge is 0.311 e. The lowest BCUT2D eigenvalue weighted by molar-refractivity contribution is 0.589. The highest BCUT2D eigenvalue weighted by Gasteiger charge is 2.49. The van der Waals surface area contributed by atoms with Crippen molar-refractivity contribution in [1.29, 1.82) is 0 Å². The summed E-state index contributed by atoms with van der Waals surface area (Å²) in [5, 5.41) is 0. The molecule has 12 aromatic rings. The van der Waals surface area contributed by atoms with E-state index in [-0.39, 0.29) is 32.8 Å². The second-order valence-corrected chi connectivity index (χ2v) is 29.4. The van der Waals surface area contributed by atoms with E-state index < -0.39 is 72.6 Å². The van der Waals surface area contributed by atoms with Gasteiger partial charge in [-0.05, 0) is 170 Å². The monoisotopic (exact) mass is 1200 g/mol. The molecular weight excluding hydrogens is 1110 g/mol. The van der Waals surface area contributed by atoms with E-state index in [9.17, 15) is 11.0 Å². The molecule has 0 atom stereocenters. The fourth-order valence-electron chi connectivity index (χ4n) is 14.7. The normalized spacial score (nSPS) is 15.4. The average Bonchev–Trinajstić information content (AvgIpc) is 1.41. The van der Waals surface area contributed by atoms with Gasteiger partial charge in [-0.25, -0.2) is 0 Å². The smallest absolute Gasteiger partial charge is 0.252 e. The van der Waals surface area contributed by atoms with Crippen molar-refractivity contribution in [2.45, 2.75) is 110 Å². The second-order valence-electron chi connectivity index (χ2n) is 29.4. The van der Waals surface area contributed by atoms with Crippen LogP contribution in [-0.4, -0.2) is 6.71 Å². The highest BCUT2D eigenvalue weighted by molar-refractivity contribution is 7.00. The summed E-state index contributed by atoms with van der Waals surface area (Å²) in [6, 6.07) is 69.9. The van der Waals surface area contributed by atoms with Gasteiger partial charge in [-0.2, -0.15) is 0 Å². The van der Waals surface area contributed by atoms with Crippen LogP contribution in [0.2, 0.25) is 0 Å². The van der Waals surface area contributed by atoms with Gasteiger partial charge in [-0.1, -0.05) is 307 Å². The summed E-state index contributed by atoms with van der Waals surface area (Å²) in [6.45, 7) is 26.9. The van der Waals surface area contributed by atoms with Crippen LogP contribution >= 0.6 is 0 Å². The van der Waals surface area contributed by atoms with Gasteiger partial charge in [0.1, 0.15) is 0 Å². The van der Waals surface area contributed by atoms with Crippen molar-refractivity contribution < 1.29 is 13.7 Å². The van der Waals surface area contributed by atoms with E-state index in [1.807, 2.05) is 36.4 Å². The van der Waals surface area contributed by atoms with Gasteiger partial charge in [0.15, 0.2) is 0 Å². The SMILES string of the molecule is [2H]c1c([2H])c([2H])c(C2(c3c([2H])c([2H])c([2H])c([2H])c3[2H])c3ccccc3-c3cccc(-c4ccc5c(c4)B4c6ccc(C(C)(C)C)cc6N(c6ccc(C(C)(C)C)cc6-c6ccccc6)c6cc(C(C)(C)C)cc(c64)N5c4c(-c5ccccc5)cc(C(C)(C)C)cc4-c4ccccc4)c32)c([2H])c1[2H]. The van der Waals surface area contributed by atoms with Crippen LogP contribution < -0.4 is 26.2 Å². The molecule has 92 heavy (non-hydrogen) atoms. The second kappa shape index (κ2) is 21.7. The number of anilines is 6. The number of hydrogen-bond acceptors (Lipinski definition) is 2. The Bertz CT molecular complexity index is 5280. The maximum atomic E-state index is 10.0. The van der Waals surface area contributed by atoms with Crippen molar-refractivity contribution in [1.82, 2.24) is 0 Å². The first-order valence-corrected chi connectivity index (χ1v) is 32.3. The Morgan fingerprint density at radius 3 is 1.33 bits per heavy atom. The molecule has 450 valence electrons. The molecular formula is C89H81BN2. The fraction of sp³-hybridized carbons (Fsp3) is 0.191.